The predicted molar refractivity (Wildman–Crippen MR) is 80.7 cm³/mol. The van der Waals surface area contributed by atoms with Gasteiger partial charge in [-0.1, -0.05) is 0 Å². The Morgan fingerprint density at radius 3 is 1.41 bits per heavy atom. The van der Waals surface area contributed by atoms with Crippen molar-refractivity contribution in [2.45, 2.75) is 0 Å². The van der Waals surface area contributed by atoms with Crippen LogP contribution in [0.3, 0.4) is 0 Å². The van der Waals surface area contributed by atoms with Gasteiger partial charge < -0.3 is 0 Å². The van der Waals surface area contributed by atoms with Gasteiger partial charge in [0.15, 0.2) is 0 Å². The van der Waals surface area contributed by atoms with E-state index in [1.54, 1.807) is 0 Å². The summed E-state index contributed by atoms with van der Waals surface area (Å²) in [6, 6.07) is 20.9. The van der Waals surface area contributed by atoms with E-state index in [-0.39, 0.29) is 36.2 Å². The molecule has 0 saturated carbocycles. The summed E-state index contributed by atoms with van der Waals surface area (Å²) in [4.78, 5) is 2.01. The Hall–Kier alpha value is -0.581. The fraction of sp³-hybridized carbons (Fsp3) is 0. The third-order valence-corrected chi connectivity index (χ3v) is 4.10. The molecule has 1 atom stereocenters. The summed E-state index contributed by atoms with van der Waals surface area (Å²) in [7, 11) is 0. The first-order valence-electron chi connectivity index (χ1n) is 4.71. The van der Waals surface area contributed by atoms with Crippen LogP contribution in [0.25, 0.3) is 0 Å². The standard InChI is InChI=1S/2C6H5.C2H3.ClH.Cu.H3P/c2*1-2-4-6-5-3-1;1-2;;;/h2*1-5H;1H,2H2;1H;;1H3. The average Bonchev–Trinajstić information content (AvgIpc) is 2.33. The molecule has 0 nitrogen and oxygen atoms in total. The Morgan fingerprint density at radius 2 is 1.12 bits per heavy atom. The van der Waals surface area contributed by atoms with Crippen molar-refractivity contribution in [3.63, 3.8) is 0 Å². The zero-order chi connectivity index (χ0) is 10.5. The number of rotatable bonds is 3. The Bertz CT molecular complexity index is 391. The fourth-order valence-corrected chi connectivity index (χ4v) is 3.06. The van der Waals surface area contributed by atoms with Crippen molar-refractivity contribution >= 4 is 31.2 Å². The molecule has 0 fully saturated rings. The summed E-state index contributed by atoms with van der Waals surface area (Å²) in [6.45, 7) is 3.92. The van der Waals surface area contributed by atoms with Crippen molar-refractivity contribution in [3.8, 4) is 0 Å². The maximum absolute atomic E-state index is 3.92. The molecule has 0 amide bonds. The SMILES string of the molecule is C=[CH][Cu]([c]1ccccc1)[c]1ccccc1.Cl.P. The molecule has 3 heteroatoms. The number of benzene rings is 2. The molecule has 0 aliphatic carbocycles. The Labute approximate surface area is 117 Å². The van der Waals surface area contributed by atoms with E-state index in [2.05, 4.69) is 55.1 Å². The van der Waals surface area contributed by atoms with Gasteiger partial charge in [-0.15, -0.1) is 12.4 Å². The molecule has 2 rings (SSSR count). The van der Waals surface area contributed by atoms with Crippen molar-refractivity contribution in [2.75, 3.05) is 0 Å². The van der Waals surface area contributed by atoms with Crippen LogP contribution in [0.2, 0.25) is 0 Å². The molecule has 0 aliphatic heterocycles. The zero-order valence-electron chi connectivity index (χ0n) is 9.47. The largest absolute Gasteiger partial charge is 0.153 e. The molecule has 0 saturated heterocycles. The van der Waals surface area contributed by atoms with Crippen LogP contribution in [-0.2, 0) is 13.9 Å². The van der Waals surface area contributed by atoms with Crippen LogP contribution in [-0.4, -0.2) is 0 Å². The van der Waals surface area contributed by atoms with Gasteiger partial charge in [-0.05, 0) is 0 Å². The third-order valence-electron chi connectivity index (χ3n) is 1.91. The maximum Gasteiger partial charge on any atom is -0.147 e. The van der Waals surface area contributed by atoms with Gasteiger partial charge in [-0.2, -0.15) is 9.90 Å². The molecule has 0 radical (unpaired) electrons. The summed E-state index contributed by atoms with van der Waals surface area (Å²) < 4.78 is 2.62. The summed E-state index contributed by atoms with van der Waals surface area (Å²) in [5.41, 5.74) is 0. The zero-order valence-corrected chi connectivity index (χ0v) is 12.6. The maximum atomic E-state index is 3.92. The molecule has 1 unspecified atom stereocenters. The Balaban J connectivity index is 0.00000128. The van der Waals surface area contributed by atoms with E-state index in [0.29, 0.717) is 0 Å². The van der Waals surface area contributed by atoms with Gasteiger partial charge in [0.25, 0.3) is 0 Å². The van der Waals surface area contributed by atoms with Crippen LogP contribution in [0.1, 0.15) is 0 Å². The monoisotopic (exact) mass is 314 g/mol. The van der Waals surface area contributed by atoms with Crippen molar-refractivity contribution in [3.05, 3.63) is 72.2 Å². The van der Waals surface area contributed by atoms with Crippen molar-refractivity contribution in [2.24, 2.45) is 0 Å². The summed E-state index contributed by atoms with van der Waals surface area (Å²) in [5.74, 6) is 0. The van der Waals surface area contributed by atoms with Gasteiger partial charge in [-0.25, -0.2) is 0 Å². The predicted octanol–water partition coefficient (Wildman–Crippen LogP) is 2.88. The van der Waals surface area contributed by atoms with E-state index in [9.17, 15) is 0 Å². The molecule has 0 aliphatic rings. The molecular formula is C14H17ClCuP. The molecular weight excluding hydrogens is 298 g/mol. The first-order chi connectivity index (χ1) is 7.42. The van der Waals surface area contributed by atoms with Gasteiger partial charge in [0.05, 0.1) is 0 Å². The molecule has 0 bridgehead atoms. The Kier molecular flexibility index (Phi) is 8.21. The molecule has 0 N–H and O–H groups in total. The normalized spacial score (nSPS) is 9.53. The quantitative estimate of drug-likeness (QED) is 0.603. The second kappa shape index (κ2) is 8.50. The van der Waals surface area contributed by atoms with Crippen LogP contribution < -0.4 is 8.92 Å². The molecule has 0 aromatic heterocycles. The minimum Gasteiger partial charge on any atom is -0.153 e. The molecule has 17 heavy (non-hydrogen) atoms. The van der Waals surface area contributed by atoms with Crippen LogP contribution >= 0.6 is 22.3 Å². The van der Waals surface area contributed by atoms with Crippen LogP contribution in [0.4, 0.5) is 0 Å². The number of hydrogen-bond acceptors (Lipinski definition) is 0. The van der Waals surface area contributed by atoms with E-state index >= 15 is 0 Å². The molecule has 0 spiro atoms. The third kappa shape index (κ3) is 4.30. The summed E-state index contributed by atoms with van der Waals surface area (Å²) >= 11 is 0.0789. The van der Waals surface area contributed by atoms with Crippen molar-refractivity contribution < 1.29 is 13.9 Å². The van der Waals surface area contributed by atoms with E-state index in [4.69, 9.17) is 0 Å². The summed E-state index contributed by atoms with van der Waals surface area (Å²) in [5, 5.41) is 0. The van der Waals surface area contributed by atoms with Gasteiger partial charge in [0.1, 0.15) is 0 Å². The van der Waals surface area contributed by atoms with Crippen LogP contribution in [0.15, 0.2) is 72.2 Å². The van der Waals surface area contributed by atoms with Crippen LogP contribution in [0, 0.1) is 0 Å². The molecule has 96 valence electrons. The van der Waals surface area contributed by atoms with E-state index in [0.717, 1.165) is 0 Å². The van der Waals surface area contributed by atoms with Gasteiger partial charge in [-0.3, -0.25) is 0 Å². The second-order valence-corrected chi connectivity index (χ2v) is 5.13. The Morgan fingerprint density at radius 1 is 0.765 bits per heavy atom. The van der Waals surface area contributed by atoms with Crippen molar-refractivity contribution in [1.82, 2.24) is 0 Å². The number of hydrogen-bond donors (Lipinski definition) is 0. The van der Waals surface area contributed by atoms with Crippen molar-refractivity contribution in [1.29, 1.82) is 0 Å². The van der Waals surface area contributed by atoms with Gasteiger partial charge in [0, 0.05) is 0 Å². The van der Waals surface area contributed by atoms with E-state index < -0.39 is 0 Å². The second-order valence-electron chi connectivity index (χ2n) is 2.88. The number of halogens is 1. The minimum absolute atomic E-state index is 0. The first-order valence-corrected chi connectivity index (χ1v) is 6.19. The van der Waals surface area contributed by atoms with Gasteiger partial charge in [0.2, 0.25) is 0 Å². The first kappa shape index (κ1) is 16.4. The molecule has 0 heterocycles. The molecule has 2 aromatic rings. The smallest absolute Gasteiger partial charge is 0.147 e. The molecule has 2 aromatic carbocycles. The summed E-state index contributed by atoms with van der Waals surface area (Å²) in [6.07, 6.45) is 0. The average molecular weight is 315 g/mol. The van der Waals surface area contributed by atoms with Crippen LogP contribution in [0.5, 0.6) is 0 Å². The topological polar surface area (TPSA) is 0 Å². The fourth-order valence-electron chi connectivity index (χ4n) is 1.26. The van der Waals surface area contributed by atoms with E-state index in [1.165, 1.54) is 8.92 Å². The van der Waals surface area contributed by atoms with Gasteiger partial charge >= 0.3 is 95.0 Å². The minimum atomic E-state index is 0. The van der Waals surface area contributed by atoms with E-state index in [1.807, 2.05) is 17.1 Å².